The van der Waals surface area contributed by atoms with Gasteiger partial charge in [-0.25, -0.2) is 0 Å². The van der Waals surface area contributed by atoms with Gasteiger partial charge in [0.25, 0.3) is 0 Å². The van der Waals surface area contributed by atoms with Gasteiger partial charge in [-0.3, -0.25) is 0 Å². The van der Waals surface area contributed by atoms with Gasteiger partial charge in [0, 0.05) is 21.9 Å². The van der Waals surface area contributed by atoms with Crippen LogP contribution < -0.4 is 4.90 Å². The van der Waals surface area contributed by atoms with Crippen LogP contribution in [0.5, 0.6) is 0 Å². The summed E-state index contributed by atoms with van der Waals surface area (Å²) in [5, 5.41) is 4.69. The van der Waals surface area contributed by atoms with Crippen LogP contribution in [0.4, 0.5) is 17.1 Å². The average Bonchev–Trinajstić information content (AvgIpc) is 3.47. The van der Waals surface area contributed by atoms with Gasteiger partial charge in [-0.05, 0) is 64.0 Å². The standard InChI is InChI=1S/C37H27NO/c1-37(2)30-16-7-5-14-27(30)28-22-21-25(23-31(28)37)38(32-17-9-12-24-11-3-4-13-26(24)32)33-18-10-20-35-36(33)29-15-6-8-19-34(29)39-35/h3-23H,1-2H3. The van der Waals surface area contributed by atoms with E-state index in [0.29, 0.717) is 0 Å². The second-order valence-electron chi connectivity index (χ2n) is 11.0. The maximum absolute atomic E-state index is 6.33. The molecule has 0 fully saturated rings. The number of anilines is 3. The topological polar surface area (TPSA) is 16.4 Å². The molecule has 0 bridgehead atoms. The number of fused-ring (bicyclic) bond motifs is 7. The first-order chi connectivity index (χ1) is 19.1. The largest absolute Gasteiger partial charge is 0.456 e. The Balaban J connectivity index is 1.45. The summed E-state index contributed by atoms with van der Waals surface area (Å²) in [5.74, 6) is 0. The molecule has 0 saturated heterocycles. The molecule has 0 spiro atoms. The summed E-state index contributed by atoms with van der Waals surface area (Å²) in [6.07, 6.45) is 0. The van der Waals surface area contributed by atoms with Gasteiger partial charge in [0.2, 0.25) is 0 Å². The molecule has 1 heterocycles. The van der Waals surface area contributed by atoms with Crippen LogP contribution in [0.2, 0.25) is 0 Å². The number of rotatable bonds is 3. The lowest BCUT2D eigenvalue weighted by Gasteiger charge is -2.29. The Bertz CT molecular complexity index is 2060. The fourth-order valence-electron chi connectivity index (χ4n) is 6.58. The zero-order chi connectivity index (χ0) is 26.1. The van der Waals surface area contributed by atoms with E-state index in [-0.39, 0.29) is 5.41 Å². The van der Waals surface area contributed by atoms with Crippen molar-refractivity contribution in [1.29, 1.82) is 0 Å². The van der Waals surface area contributed by atoms with E-state index in [1.165, 1.54) is 33.0 Å². The molecule has 0 amide bonds. The van der Waals surface area contributed by atoms with Crippen LogP contribution in [-0.4, -0.2) is 0 Å². The highest BCUT2D eigenvalue weighted by Gasteiger charge is 2.36. The number of benzene rings is 6. The number of nitrogens with zero attached hydrogens (tertiary/aromatic N) is 1. The Hall–Kier alpha value is -4.82. The zero-order valence-electron chi connectivity index (χ0n) is 22.0. The van der Waals surface area contributed by atoms with Gasteiger partial charge in [0.15, 0.2) is 0 Å². The average molecular weight is 502 g/mol. The Morgan fingerprint density at radius 3 is 2.13 bits per heavy atom. The molecule has 186 valence electrons. The van der Waals surface area contributed by atoms with Crippen LogP contribution in [0.25, 0.3) is 43.8 Å². The van der Waals surface area contributed by atoms with E-state index in [9.17, 15) is 0 Å². The van der Waals surface area contributed by atoms with Crippen LogP contribution in [0.3, 0.4) is 0 Å². The molecular weight excluding hydrogens is 474 g/mol. The summed E-state index contributed by atoms with van der Waals surface area (Å²) in [4.78, 5) is 2.42. The van der Waals surface area contributed by atoms with Gasteiger partial charge in [-0.2, -0.15) is 0 Å². The molecule has 0 aliphatic heterocycles. The minimum atomic E-state index is -0.0826. The normalized spacial score (nSPS) is 13.6. The molecule has 1 aromatic heterocycles. The monoisotopic (exact) mass is 501 g/mol. The lowest BCUT2D eigenvalue weighted by Crippen LogP contribution is -2.16. The molecule has 1 aliphatic carbocycles. The molecule has 39 heavy (non-hydrogen) atoms. The maximum Gasteiger partial charge on any atom is 0.137 e. The van der Waals surface area contributed by atoms with E-state index in [4.69, 9.17) is 4.42 Å². The summed E-state index contributed by atoms with van der Waals surface area (Å²) in [7, 11) is 0. The van der Waals surface area contributed by atoms with Gasteiger partial charge in [-0.15, -0.1) is 0 Å². The van der Waals surface area contributed by atoms with Crippen molar-refractivity contribution in [3.8, 4) is 11.1 Å². The van der Waals surface area contributed by atoms with E-state index >= 15 is 0 Å². The first-order valence-corrected chi connectivity index (χ1v) is 13.5. The zero-order valence-corrected chi connectivity index (χ0v) is 22.0. The van der Waals surface area contributed by atoms with Gasteiger partial charge >= 0.3 is 0 Å². The maximum atomic E-state index is 6.33. The van der Waals surface area contributed by atoms with Crippen molar-refractivity contribution >= 4 is 49.8 Å². The summed E-state index contributed by atoms with van der Waals surface area (Å²) in [6, 6.07) is 45.8. The molecule has 6 aromatic carbocycles. The van der Waals surface area contributed by atoms with Crippen molar-refractivity contribution in [3.05, 3.63) is 139 Å². The Labute approximate surface area is 227 Å². The second-order valence-corrected chi connectivity index (χ2v) is 11.0. The van der Waals surface area contributed by atoms with Gasteiger partial charge in [0.1, 0.15) is 11.2 Å². The highest BCUT2D eigenvalue weighted by atomic mass is 16.3. The first-order valence-electron chi connectivity index (χ1n) is 13.5. The molecule has 0 atom stereocenters. The summed E-state index contributed by atoms with van der Waals surface area (Å²) >= 11 is 0. The fraction of sp³-hybridized carbons (Fsp3) is 0.0811. The minimum Gasteiger partial charge on any atom is -0.456 e. The third-order valence-corrected chi connectivity index (χ3v) is 8.45. The predicted molar refractivity (Wildman–Crippen MR) is 163 cm³/mol. The molecule has 7 aromatic rings. The van der Waals surface area contributed by atoms with Crippen LogP contribution >= 0.6 is 0 Å². The van der Waals surface area contributed by atoms with E-state index in [2.05, 4.69) is 140 Å². The third kappa shape index (κ3) is 3.15. The molecule has 0 radical (unpaired) electrons. The summed E-state index contributed by atoms with van der Waals surface area (Å²) in [5.41, 5.74) is 10.5. The molecule has 0 unspecified atom stereocenters. The van der Waals surface area contributed by atoms with Crippen molar-refractivity contribution in [2.75, 3.05) is 4.90 Å². The Kier molecular flexibility index (Phi) is 4.60. The number of para-hydroxylation sites is 1. The minimum absolute atomic E-state index is 0.0826. The van der Waals surface area contributed by atoms with Gasteiger partial charge in [0.05, 0.1) is 16.8 Å². The summed E-state index contributed by atoms with van der Waals surface area (Å²) < 4.78 is 6.33. The van der Waals surface area contributed by atoms with Crippen LogP contribution in [-0.2, 0) is 5.41 Å². The van der Waals surface area contributed by atoms with Crippen LogP contribution in [0.15, 0.2) is 132 Å². The molecule has 2 nitrogen and oxygen atoms in total. The van der Waals surface area contributed by atoms with Gasteiger partial charge in [-0.1, -0.05) is 105 Å². The molecule has 1 aliphatic rings. The van der Waals surface area contributed by atoms with E-state index in [1.807, 2.05) is 6.07 Å². The Morgan fingerprint density at radius 2 is 1.21 bits per heavy atom. The highest BCUT2D eigenvalue weighted by Crippen LogP contribution is 2.51. The number of hydrogen-bond donors (Lipinski definition) is 0. The van der Waals surface area contributed by atoms with Crippen molar-refractivity contribution in [2.24, 2.45) is 0 Å². The molecule has 2 heteroatoms. The van der Waals surface area contributed by atoms with Crippen molar-refractivity contribution < 1.29 is 4.42 Å². The van der Waals surface area contributed by atoms with E-state index in [1.54, 1.807) is 0 Å². The smallest absolute Gasteiger partial charge is 0.137 e. The molecule has 0 N–H and O–H groups in total. The number of furan rings is 1. The molecule has 0 saturated carbocycles. The number of hydrogen-bond acceptors (Lipinski definition) is 2. The van der Waals surface area contributed by atoms with Crippen molar-refractivity contribution in [1.82, 2.24) is 0 Å². The lowest BCUT2D eigenvalue weighted by molar-refractivity contribution is 0.660. The quantitative estimate of drug-likeness (QED) is 0.239. The summed E-state index contributed by atoms with van der Waals surface area (Å²) in [6.45, 7) is 4.68. The van der Waals surface area contributed by atoms with Crippen LogP contribution in [0.1, 0.15) is 25.0 Å². The van der Waals surface area contributed by atoms with Gasteiger partial charge < -0.3 is 9.32 Å². The fourth-order valence-corrected chi connectivity index (χ4v) is 6.58. The van der Waals surface area contributed by atoms with Crippen LogP contribution in [0, 0.1) is 0 Å². The highest BCUT2D eigenvalue weighted by molar-refractivity contribution is 6.14. The second kappa shape index (κ2) is 8.09. The van der Waals surface area contributed by atoms with E-state index < -0.39 is 0 Å². The molecular formula is C37H27NO. The first kappa shape index (κ1) is 22.2. The molecule has 8 rings (SSSR count). The van der Waals surface area contributed by atoms with Crippen molar-refractivity contribution in [2.45, 2.75) is 19.3 Å². The SMILES string of the molecule is CC1(C)c2ccccc2-c2ccc(N(c3cccc4ccccc34)c3cccc4oc5ccccc5c34)cc21. The third-order valence-electron chi connectivity index (χ3n) is 8.45. The van der Waals surface area contributed by atoms with Crippen molar-refractivity contribution in [3.63, 3.8) is 0 Å². The predicted octanol–water partition coefficient (Wildman–Crippen LogP) is 10.5. The Morgan fingerprint density at radius 1 is 0.538 bits per heavy atom. The van der Waals surface area contributed by atoms with E-state index in [0.717, 1.165) is 39.0 Å². The lowest BCUT2D eigenvalue weighted by atomic mass is 9.82.